The SMILES string of the molecule is CCOC(=S)SC(C)(CC)C[N+](=O)[O-]. The Morgan fingerprint density at radius 1 is 1.64 bits per heavy atom. The first-order valence-corrected chi connectivity index (χ1v) is 5.63. The lowest BCUT2D eigenvalue weighted by Crippen LogP contribution is -2.31. The van der Waals surface area contributed by atoms with E-state index in [9.17, 15) is 10.1 Å². The molecule has 0 bridgehead atoms. The van der Waals surface area contributed by atoms with Crippen molar-refractivity contribution < 1.29 is 9.66 Å². The first-order chi connectivity index (χ1) is 6.43. The van der Waals surface area contributed by atoms with Crippen LogP contribution in [-0.2, 0) is 4.74 Å². The van der Waals surface area contributed by atoms with Crippen LogP contribution >= 0.6 is 24.0 Å². The zero-order valence-electron chi connectivity index (χ0n) is 8.61. The summed E-state index contributed by atoms with van der Waals surface area (Å²) in [5, 5.41) is 10.4. The molecule has 1 atom stereocenters. The van der Waals surface area contributed by atoms with Gasteiger partial charge in [0.15, 0.2) is 0 Å². The van der Waals surface area contributed by atoms with Crippen LogP contribution in [0, 0.1) is 10.1 Å². The smallest absolute Gasteiger partial charge is 0.220 e. The van der Waals surface area contributed by atoms with Crippen molar-refractivity contribution in [1.82, 2.24) is 0 Å². The molecule has 0 saturated carbocycles. The highest BCUT2D eigenvalue weighted by Crippen LogP contribution is 2.30. The number of ether oxygens (including phenoxy) is 1. The molecule has 4 nitrogen and oxygen atoms in total. The first-order valence-electron chi connectivity index (χ1n) is 4.41. The number of hydrogen-bond acceptors (Lipinski definition) is 5. The van der Waals surface area contributed by atoms with E-state index in [2.05, 4.69) is 0 Å². The van der Waals surface area contributed by atoms with Crippen molar-refractivity contribution in [3.8, 4) is 0 Å². The molecule has 0 heterocycles. The summed E-state index contributed by atoms with van der Waals surface area (Å²) in [6, 6.07) is 0. The highest BCUT2D eigenvalue weighted by atomic mass is 32.2. The summed E-state index contributed by atoms with van der Waals surface area (Å²) in [6.45, 7) is 5.98. The van der Waals surface area contributed by atoms with E-state index < -0.39 is 4.75 Å². The Kier molecular flexibility index (Phi) is 6.03. The second kappa shape index (κ2) is 6.19. The molecule has 0 aromatic rings. The van der Waals surface area contributed by atoms with Crippen LogP contribution in [0.15, 0.2) is 0 Å². The highest BCUT2D eigenvalue weighted by Gasteiger charge is 2.31. The summed E-state index contributed by atoms with van der Waals surface area (Å²) < 4.78 is 5.02. The molecule has 14 heavy (non-hydrogen) atoms. The molecule has 82 valence electrons. The van der Waals surface area contributed by atoms with E-state index in [0.29, 0.717) is 17.4 Å². The van der Waals surface area contributed by atoms with E-state index in [1.807, 2.05) is 20.8 Å². The zero-order valence-corrected chi connectivity index (χ0v) is 10.2. The number of nitrogens with zero attached hydrogens (tertiary/aromatic N) is 1. The lowest BCUT2D eigenvalue weighted by Gasteiger charge is -2.22. The average molecular weight is 237 g/mol. The lowest BCUT2D eigenvalue weighted by atomic mass is 10.1. The van der Waals surface area contributed by atoms with E-state index in [1.54, 1.807) is 0 Å². The normalized spacial score (nSPS) is 14.5. The maximum Gasteiger partial charge on any atom is 0.220 e. The molecule has 0 spiro atoms. The van der Waals surface area contributed by atoms with Gasteiger partial charge in [-0.15, -0.1) is 0 Å². The topological polar surface area (TPSA) is 52.4 Å². The molecule has 6 heteroatoms. The molecule has 0 aliphatic carbocycles. The Morgan fingerprint density at radius 2 is 2.21 bits per heavy atom. The molecule has 0 saturated heterocycles. The van der Waals surface area contributed by atoms with E-state index in [0.717, 1.165) is 0 Å². The minimum Gasteiger partial charge on any atom is -0.479 e. The largest absolute Gasteiger partial charge is 0.479 e. The molecule has 0 aliphatic heterocycles. The third kappa shape index (κ3) is 5.39. The molecule has 0 aromatic heterocycles. The number of hydrogen-bond donors (Lipinski definition) is 0. The van der Waals surface area contributed by atoms with Crippen molar-refractivity contribution in [2.24, 2.45) is 0 Å². The van der Waals surface area contributed by atoms with Crippen molar-refractivity contribution in [2.45, 2.75) is 31.9 Å². The van der Waals surface area contributed by atoms with Gasteiger partial charge in [0.05, 0.1) is 11.4 Å². The number of rotatable bonds is 5. The molecule has 0 aromatic carbocycles. The molecule has 0 N–H and O–H groups in total. The summed E-state index contributed by atoms with van der Waals surface area (Å²) in [7, 11) is 0. The van der Waals surface area contributed by atoms with Gasteiger partial charge in [-0.05, 0) is 32.5 Å². The molecule has 0 aliphatic rings. The Morgan fingerprint density at radius 3 is 2.57 bits per heavy atom. The van der Waals surface area contributed by atoms with Crippen LogP contribution in [-0.4, -0.2) is 27.2 Å². The van der Waals surface area contributed by atoms with Crippen LogP contribution in [0.25, 0.3) is 0 Å². The third-order valence-corrected chi connectivity index (χ3v) is 3.37. The first kappa shape index (κ1) is 13.6. The number of thioether (sulfide) groups is 1. The standard InChI is InChI=1S/C8H15NO3S2/c1-4-8(3,6-9(10)11)14-7(13)12-5-2/h4-6H2,1-3H3. The minimum atomic E-state index is -0.463. The van der Waals surface area contributed by atoms with Crippen LogP contribution in [0.3, 0.4) is 0 Å². The number of thiocarbonyl (C=S) groups is 1. The second-order valence-corrected chi connectivity index (χ2v) is 5.27. The average Bonchev–Trinajstić information content (AvgIpc) is 2.02. The van der Waals surface area contributed by atoms with Gasteiger partial charge in [-0.2, -0.15) is 0 Å². The van der Waals surface area contributed by atoms with Gasteiger partial charge in [0.1, 0.15) is 0 Å². The predicted octanol–water partition coefficient (Wildman–Crippen LogP) is 2.49. The van der Waals surface area contributed by atoms with Crippen LogP contribution in [0.4, 0.5) is 0 Å². The molecule has 0 rings (SSSR count). The van der Waals surface area contributed by atoms with E-state index in [-0.39, 0.29) is 11.5 Å². The minimum absolute atomic E-state index is 0.0959. The second-order valence-electron chi connectivity index (χ2n) is 3.08. The fourth-order valence-electron chi connectivity index (χ4n) is 0.838. The van der Waals surface area contributed by atoms with E-state index in [4.69, 9.17) is 17.0 Å². The van der Waals surface area contributed by atoms with Gasteiger partial charge in [0, 0.05) is 4.92 Å². The molecule has 0 radical (unpaired) electrons. The maximum atomic E-state index is 10.4. The van der Waals surface area contributed by atoms with Gasteiger partial charge in [-0.25, -0.2) is 0 Å². The van der Waals surface area contributed by atoms with Crippen LogP contribution in [0.2, 0.25) is 0 Å². The monoisotopic (exact) mass is 237 g/mol. The van der Waals surface area contributed by atoms with Crippen LogP contribution in [0.5, 0.6) is 0 Å². The molecule has 0 amide bonds. The quantitative estimate of drug-likeness (QED) is 0.418. The molecular weight excluding hydrogens is 222 g/mol. The number of nitro groups is 1. The summed E-state index contributed by atoms with van der Waals surface area (Å²) in [6.07, 6.45) is 0.686. The van der Waals surface area contributed by atoms with Crippen molar-refractivity contribution in [3.05, 3.63) is 10.1 Å². The van der Waals surface area contributed by atoms with Gasteiger partial charge in [0.2, 0.25) is 10.9 Å². The Labute approximate surface area is 93.5 Å². The fraction of sp³-hybridized carbons (Fsp3) is 0.875. The van der Waals surface area contributed by atoms with E-state index in [1.165, 1.54) is 11.8 Å². The van der Waals surface area contributed by atoms with Gasteiger partial charge in [-0.1, -0.05) is 18.7 Å². The van der Waals surface area contributed by atoms with E-state index >= 15 is 0 Å². The van der Waals surface area contributed by atoms with Crippen molar-refractivity contribution in [1.29, 1.82) is 0 Å². The van der Waals surface area contributed by atoms with Crippen molar-refractivity contribution >= 4 is 28.4 Å². The Hall–Kier alpha value is -0.360. The van der Waals surface area contributed by atoms with Crippen LogP contribution < -0.4 is 0 Å². The van der Waals surface area contributed by atoms with Crippen molar-refractivity contribution in [2.75, 3.05) is 13.2 Å². The summed E-state index contributed by atoms with van der Waals surface area (Å²) in [5.74, 6) is 0. The van der Waals surface area contributed by atoms with Crippen molar-refractivity contribution in [3.63, 3.8) is 0 Å². The highest BCUT2D eigenvalue weighted by molar-refractivity contribution is 8.23. The Bertz CT molecular complexity index is 223. The molecule has 0 fully saturated rings. The molecule has 1 unspecified atom stereocenters. The lowest BCUT2D eigenvalue weighted by molar-refractivity contribution is -0.484. The van der Waals surface area contributed by atoms with Gasteiger partial charge in [0.25, 0.3) is 0 Å². The Balaban J connectivity index is 4.24. The zero-order chi connectivity index (χ0) is 11.2. The van der Waals surface area contributed by atoms with Gasteiger partial charge < -0.3 is 4.74 Å². The fourth-order valence-corrected chi connectivity index (χ4v) is 2.45. The third-order valence-electron chi connectivity index (χ3n) is 1.80. The predicted molar refractivity (Wildman–Crippen MR) is 62.4 cm³/mol. The van der Waals surface area contributed by atoms with Gasteiger partial charge >= 0.3 is 0 Å². The van der Waals surface area contributed by atoms with Gasteiger partial charge in [-0.3, -0.25) is 10.1 Å². The summed E-state index contributed by atoms with van der Waals surface area (Å²) >= 11 is 6.21. The van der Waals surface area contributed by atoms with Crippen LogP contribution in [0.1, 0.15) is 27.2 Å². The summed E-state index contributed by atoms with van der Waals surface area (Å²) in [4.78, 5) is 10.1. The maximum absolute atomic E-state index is 10.4. The molecular formula is C8H15NO3S2. The summed E-state index contributed by atoms with van der Waals surface area (Å²) in [5.41, 5.74) is 0.